The highest BCUT2D eigenvalue weighted by Gasteiger charge is 2.25. The van der Waals surface area contributed by atoms with E-state index < -0.39 is 5.91 Å². The number of rotatable bonds is 4. The second kappa shape index (κ2) is 7.65. The molecule has 1 aromatic carbocycles. The van der Waals surface area contributed by atoms with Crippen molar-refractivity contribution in [3.8, 4) is 23.2 Å². The quantitative estimate of drug-likeness (QED) is 0.473. The zero-order chi connectivity index (χ0) is 21.4. The molecule has 0 aliphatic carbocycles. The molecule has 1 N–H and O–H groups in total. The number of aryl methyl sites for hydroxylation is 4. The summed E-state index contributed by atoms with van der Waals surface area (Å²) in [6.07, 6.45) is 3.53. The van der Waals surface area contributed by atoms with Crippen LogP contribution in [0.25, 0.3) is 17.1 Å². The molecule has 4 rings (SSSR count). The Hall–Kier alpha value is -3.63. The molecule has 0 radical (unpaired) electrons. The number of benzene rings is 1. The van der Waals surface area contributed by atoms with Crippen LogP contribution in [0.2, 0.25) is 0 Å². The average Bonchev–Trinajstić information content (AvgIpc) is 3.40. The van der Waals surface area contributed by atoms with Crippen LogP contribution in [0.1, 0.15) is 38.4 Å². The number of nitrogens with one attached hydrogen (secondary N) is 1. The molecule has 0 fully saturated rings. The van der Waals surface area contributed by atoms with Crippen LogP contribution in [0, 0.1) is 39.0 Å². The third-order valence-corrected chi connectivity index (χ3v) is 5.66. The van der Waals surface area contributed by atoms with Crippen LogP contribution in [0.3, 0.4) is 0 Å². The summed E-state index contributed by atoms with van der Waals surface area (Å²) < 4.78 is 7.39. The Morgan fingerprint density at radius 3 is 2.47 bits per heavy atom. The minimum absolute atomic E-state index is 0.197. The summed E-state index contributed by atoms with van der Waals surface area (Å²) in [6.45, 7) is 7.86. The van der Waals surface area contributed by atoms with Gasteiger partial charge in [0.05, 0.1) is 5.69 Å². The highest BCUT2D eigenvalue weighted by atomic mass is 32.1. The molecule has 7 heteroatoms. The number of nitriles is 1. The summed E-state index contributed by atoms with van der Waals surface area (Å²) >= 11 is 1.35. The Balaban J connectivity index is 1.65. The number of amides is 1. The van der Waals surface area contributed by atoms with Crippen LogP contribution >= 0.6 is 11.3 Å². The van der Waals surface area contributed by atoms with Gasteiger partial charge in [-0.1, -0.05) is 17.7 Å². The minimum atomic E-state index is -0.413. The summed E-state index contributed by atoms with van der Waals surface area (Å²) in [4.78, 5) is 17.6. The van der Waals surface area contributed by atoms with Gasteiger partial charge >= 0.3 is 0 Å². The Labute approximate surface area is 178 Å². The number of aromatic nitrogens is 2. The van der Waals surface area contributed by atoms with Crippen molar-refractivity contribution >= 4 is 22.4 Å². The first-order valence-electron chi connectivity index (χ1n) is 9.41. The number of thiazole rings is 1. The van der Waals surface area contributed by atoms with E-state index in [1.807, 2.05) is 17.5 Å². The lowest BCUT2D eigenvalue weighted by atomic mass is 9.98. The summed E-state index contributed by atoms with van der Waals surface area (Å²) in [5, 5.41) is 14.9. The molecule has 4 aromatic rings. The molecule has 0 aliphatic heterocycles. The second-order valence-electron chi connectivity index (χ2n) is 7.18. The molecule has 150 valence electrons. The molecule has 0 aliphatic rings. The van der Waals surface area contributed by atoms with Crippen LogP contribution in [0.4, 0.5) is 5.13 Å². The summed E-state index contributed by atoms with van der Waals surface area (Å²) in [6, 6.07) is 9.99. The van der Waals surface area contributed by atoms with E-state index in [1.54, 1.807) is 23.9 Å². The van der Waals surface area contributed by atoms with E-state index in [-0.39, 0.29) is 11.1 Å². The van der Waals surface area contributed by atoms with E-state index in [1.165, 1.54) is 16.9 Å². The van der Waals surface area contributed by atoms with Crippen molar-refractivity contribution in [2.45, 2.75) is 27.7 Å². The van der Waals surface area contributed by atoms with E-state index in [2.05, 4.69) is 49.3 Å². The largest absolute Gasteiger partial charge is 0.443 e. The number of carbonyl (C=O) groups is 1. The van der Waals surface area contributed by atoms with Gasteiger partial charge in [0.1, 0.15) is 23.0 Å². The average molecular weight is 417 g/mol. The molecule has 0 bridgehead atoms. The van der Waals surface area contributed by atoms with E-state index in [9.17, 15) is 10.1 Å². The standard InChI is InChI=1S/C23H20N4O2S/c1-13-9-14(2)19(15(3)10-13)18-12-30-23(25-18)26-21(28)20-16(4)29-22(17(20)11-24)27-7-5-6-8-27/h5-10,12H,1-4H3,(H,25,26,28). The first-order valence-corrected chi connectivity index (χ1v) is 10.3. The molecule has 0 saturated carbocycles. The molecule has 0 atom stereocenters. The Morgan fingerprint density at radius 1 is 1.17 bits per heavy atom. The van der Waals surface area contributed by atoms with Crippen LogP contribution in [0.5, 0.6) is 0 Å². The zero-order valence-corrected chi connectivity index (χ0v) is 17.9. The molecule has 30 heavy (non-hydrogen) atoms. The third kappa shape index (κ3) is 3.42. The van der Waals surface area contributed by atoms with Gasteiger partial charge in [-0.15, -0.1) is 11.3 Å². The molecular weight excluding hydrogens is 396 g/mol. The Kier molecular flexibility index (Phi) is 5.02. The molecule has 0 spiro atoms. The molecular formula is C23H20N4O2S. The molecule has 3 aromatic heterocycles. The van der Waals surface area contributed by atoms with Crippen molar-refractivity contribution in [1.29, 1.82) is 5.26 Å². The lowest BCUT2D eigenvalue weighted by Gasteiger charge is -2.08. The number of carbonyl (C=O) groups excluding carboxylic acids is 1. The van der Waals surface area contributed by atoms with E-state index >= 15 is 0 Å². The fraction of sp³-hybridized carbons (Fsp3) is 0.174. The maximum Gasteiger partial charge on any atom is 0.262 e. The number of furan rings is 1. The number of hydrogen-bond donors (Lipinski definition) is 1. The predicted octanol–water partition coefficient (Wildman–Crippen LogP) is 5.55. The van der Waals surface area contributed by atoms with Crippen molar-refractivity contribution in [3.63, 3.8) is 0 Å². The van der Waals surface area contributed by atoms with Crippen molar-refractivity contribution in [3.05, 3.63) is 75.6 Å². The Morgan fingerprint density at radius 2 is 1.83 bits per heavy atom. The van der Waals surface area contributed by atoms with Crippen LogP contribution in [-0.2, 0) is 0 Å². The van der Waals surface area contributed by atoms with E-state index in [4.69, 9.17) is 4.42 Å². The van der Waals surface area contributed by atoms with Gasteiger partial charge in [0, 0.05) is 23.3 Å². The normalized spacial score (nSPS) is 10.8. The molecule has 0 saturated heterocycles. The molecule has 1 amide bonds. The lowest BCUT2D eigenvalue weighted by molar-refractivity contribution is 0.102. The predicted molar refractivity (Wildman–Crippen MR) is 117 cm³/mol. The fourth-order valence-electron chi connectivity index (χ4n) is 3.75. The molecule has 3 heterocycles. The second-order valence-corrected chi connectivity index (χ2v) is 8.04. The maximum absolute atomic E-state index is 13.0. The van der Waals surface area contributed by atoms with Crippen molar-refractivity contribution in [2.75, 3.05) is 5.32 Å². The number of nitrogens with zero attached hydrogens (tertiary/aromatic N) is 3. The van der Waals surface area contributed by atoms with E-state index in [0.717, 1.165) is 22.4 Å². The van der Waals surface area contributed by atoms with Crippen molar-refractivity contribution in [1.82, 2.24) is 9.55 Å². The summed E-state index contributed by atoms with van der Waals surface area (Å²) in [5.74, 6) is 0.301. The van der Waals surface area contributed by atoms with Gasteiger partial charge in [-0.3, -0.25) is 14.7 Å². The van der Waals surface area contributed by atoms with Crippen LogP contribution in [-0.4, -0.2) is 15.5 Å². The first kappa shape index (κ1) is 19.7. The van der Waals surface area contributed by atoms with Gasteiger partial charge in [-0.25, -0.2) is 4.98 Å². The highest BCUT2D eigenvalue weighted by Crippen LogP contribution is 2.32. The van der Waals surface area contributed by atoms with Gasteiger partial charge < -0.3 is 4.42 Å². The zero-order valence-electron chi connectivity index (χ0n) is 17.1. The van der Waals surface area contributed by atoms with Crippen LogP contribution < -0.4 is 5.32 Å². The SMILES string of the molecule is Cc1cc(C)c(-c2csc(NC(=O)c3c(C)oc(-n4cccc4)c3C#N)n2)c(C)c1. The van der Waals surface area contributed by atoms with Gasteiger partial charge in [0.15, 0.2) is 5.13 Å². The van der Waals surface area contributed by atoms with Crippen molar-refractivity contribution in [2.24, 2.45) is 0 Å². The number of hydrogen-bond acceptors (Lipinski definition) is 5. The van der Waals surface area contributed by atoms with Crippen LogP contribution in [0.15, 0.2) is 46.5 Å². The first-order chi connectivity index (χ1) is 14.4. The maximum atomic E-state index is 13.0. The van der Waals surface area contributed by atoms with E-state index in [0.29, 0.717) is 16.8 Å². The van der Waals surface area contributed by atoms with Crippen molar-refractivity contribution < 1.29 is 9.21 Å². The third-order valence-electron chi connectivity index (χ3n) is 4.90. The smallest absolute Gasteiger partial charge is 0.262 e. The van der Waals surface area contributed by atoms with Gasteiger partial charge in [-0.05, 0) is 51.0 Å². The Bertz CT molecular complexity index is 1270. The van der Waals surface area contributed by atoms with Gasteiger partial charge in [0.2, 0.25) is 5.88 Å². The van der Waals surface area contributed by atoms with Gasteiger partial charge in [-0.2, -0.15) is 5.26 Å². The fourth-order valence-corrected chi connectivity index (χ4v) is 4.45. The topological polar surface area (TPSA) is 83.9 Å². The monoisotopic (exact) mass is 416 g/mol. The number of anilines is 1. The molecule has 6 nitrogen and oxygen atoms in total. The molecule has 0 unspecified atom stereocenters. The highest BCUT2D eigenvalue weighted by molar-refractivity contribution is 7.14. The van der Waals surface area contributed by atoms with Gasteiger partial charge in [0.25, 0.3) is 5.91 Å². The summed E-state index contributed by atoms with van der Waals surface area (Å²) in [7, 11) is 0. The lowest BCUT2D eigenvalue weighted by Crippen LogP contribution is -2.13. The summed E-state index contributed by atoms with van der Waals surface area (Å²) in [5.41, 5.74) is 5.81. The minimum Gasteiger partial charge on any atom is -0.443 e.